The minimum absolute atomic E-state index is 0.169. The van der Waals surface area contributed by atoms with E-state index in [4.69, 9.17) is 14.0 Å². The van der Waals surface area contributed by atoms with Gasteiger partial charge in [-0.15, -0.1) is 0 Å². The number of methoxy groups -OCH3 is 1. The predicted molar refractivity (Wildman–Crippen MR) is 91.1 cm³/mol. The lowest BCUT2D eigenvalue weighted by atomic mass is 10.1. The van der Waals surface area contributed by atoms with Crippen LogP contribution in [0.3, 0.4) is 0 Å². The fourth-order valence-electron chi connectivity index (χ4n) is 2.00. The van der Waals surface area contributed by atoms with Gasteiger partial charge in [-0.1, -0.05) is 25.5 Å². The zero-order valence-electron chi connectivity index (χ0n) is 14.2. The molecule has 0 fully saturated rings. The molecule has 8 nitrogen and oxygen atoms in total. The molecule has 25 heavy (non-hydrogen) atoms. The average Bonchev–Trinajstić information content (AvgIpc) is 2.57. The van der Waals surface area contributed by atoms with Crippen LogP contribution in [-0.4, -0.2) is 50.4 Å². The van der Waals surface area contributed by atoms with Gasteiger partial charge in [0, 0.05) is 0 Å². The van der Waals surface area contributed by atoms with Gasteiger partial charge in [-0.25, -0.2) is 4.79 Å². The summed E-state index contributed by atoms with van der Waals surface area (Å²) in [6.45, 7) is 2.09. The first-order chi connectivity index (χ1) is 11.8. The van der Waals surface area contributed by atoms with Gasteiger partial charge in [0.15, 0.2) is 0 Å². The van der Waals surface area contributed by atoms with Crippen molar-refractivity contribution in [1.82, 2.24) is 5.32 Å². The number of rotatable bonds is 10. The fourth-order valence-corrected chi connectivity index (χ4v) is 2.54. The molecule has 2 N–H and O–H groups in total. The number of hydrogen-bond acceptors (Lipinski definition) is 6. The highest BCUT2D eigenvalue weighted by Gasteiger charge is 2.25. The second kappa shape index (κ2) is 10.00. The molecule has 0 aliphatic carbocycles. The second-order valence-corrected chi connectivity index (χ2v) is 6.89. The zero-order chi connectivity index (χ0) is 18.9. The first-order valence-electron chi connectivity index (χ1n) is 7.84. The normalized spacial score (nSPS) is 12.3. The van der Waals surface area contributed by atoms with Crippen LogP contribution in [0.2, 0.25) is 0 Å². The highest BCUT2D eigenvalue weighted by atomic mass is 32.2. The van der Waals surface area contributed by atoms with Crippen LogP contribution in [0.5, 0.6) is 5.75 Å². The van der Waals surface area contributed by atoms with Crippen LogP contribution < -0.4 is 10.1 Å². The molecule has 9 heteroatoms. The van der Waals surface area contributed by atoms with E-state index in [-0.39, 0.29) is 18.6 Å². The molecular weight excluding hydrogens is 350 g/mol. The summed E-state index contributed by atoms with van der Waals surface area (Å²) in [5.41, 5.74) is 0.197. The topological polar surface area (TPSA) is 119 Å². The number of hydrogen-bond donors (Lipinski definition) is 2. The molecule has 0 radical (unpaired) electrons. The van der Waals surface area contributed by atoms with E-state index in [0.717, 1.165) is 6.42 Å². The van der Waals surface area contributed by atoms with Gasteiger partial charge in [0.2, 0.25) is 0 Å². The standard InChI is InChI=1S/C16H23NO7S/c1-3-4-10-24-16(19)13(9-11-25(20,21)22)17-15(18)12-7-5-6-8-14(12)23-2/h5-8,13H,3-4,9-11H2,1-2H3,(H,17,18)(H,20,21,22)/t13-/m0/s1. The smallest absolute Gasteiger partial charge is 0.328 e. The van der Waals surface area contributed by atoms with Gasteiger partial charge < -0.3 is 14.8 Å². The third-order valence-corrected chi connectivity index (χ3v) is 4.10. The molecule has 1 rings (SSSR count). The summed E-state index contributed by atoms with van der Waals surface area (Å²) in [6.07, 6.45) is 1.17. The Bertz CT molecular complexity index is 687. The molecule has 0 bridgehead atoms. The minimum Gasteiger partial charge on any atom is -0.496 e. The van der Waals surface area contributed by atoms with Crippen LogP contribution in [0, 0.1) is 0 Å². The Morgan fingerprint density at radius 3 is 2.56 bits per heavy atom. The van der Waals surface area contributed by atoms with E-state index in [2.05, 4.69) is 5.32 Å². The molecule has 1 aromatic carbocycles. The van der Waals surface area contributed by atoms with Gasteiger partial charge in [0.05, 0.1) is 25.0 Å². The number of ether oxygens (including phenoxy) is 2. The van der Waals surface area contributed by atoms with Crippen molar-refractivity contribution in [2.75, 3.05) is 19.5 Å². The van der Waals surface area contributed by atoms with Crippen LogP contribution in [0.15, 0.2) is 24.3 Å². The summed E-state index contributed by atoms with van der Waals surface area (Å²) in [5.74, 6) is -1.72. The lowest BCUT2D eigenvalue weighted by Crippen LogP contribution is -2.43. The van der Waals surface area contributed by atoms with Crippen LogP contribution in [-0.2, 0) is 19.6 Å². The lowest BCUT2D eigenvalue weighted by molar-refractivity contribution is -0.146. The molecule has 0 unspecified atom stereocenters. The monoisotopic (exact) mass is 373 g/mol. The van der Waals surface area contributed by atoms with Gasteiger partial charge in [0.25, 0.3) is 16.0 Å². The maximum atomic E-state index is 12.4. The average molecular weight is 373 g/mol. The molecule has 1 aromatic rings. The summed E-state index contributed by atoms with van der Waals surface area (Å²) in [5, 5.41) is 2.44. The van der Waals surface area contributed by atoms with Crippen molar-refractivity contribution in [1.29, 1.82) is 0 Å². The van der Waals surface area contributed by atoms with E-state index in [1.807, 2.05) is 6.92 Å². The molecule has 0 aliphatic rings. The fraction of sp³-hybridized carbons (Fsp3) is 0.500. The molecule has 1 amide bonds. The third kappa shape index (κ3) is 7.53. The Hall–Kier alpha value is -2.13. The number of carbonyl (C=O) groups is 2. The molecule has 0 heterocycles. The van der Waals surface area contributed by atoms with Crippen molar-refractivity contribution >= 4 is 22.0 Å². The van der Waals surface area contributed by atoms with Crippen LogP contribution in [0.25, 0.3) is 0 Å². The zero-order valence-corrected chi connectivity index (χ0v) is 15.0. The Labute approximate surface area is 147 Å². The number of amides is 1. The second-order valence-electron chi connectivity index (χ2n) is 5.32. The Balaban J connectivity index is 2.86. The van der Waals surface area contributed by atoms with E-state index in [9.17, 15) is 18.0 Å². The predicted octanol–water partition coefficient (Wildman–Crippen LogP) is 1.41. The summed E-state index contributed by atoms with van der Waals surface area (Å²) < 4.78 is 40.9. The third-order valence-electron chi connectivity index (χ3n) is 3.35. The summed E-state index contributed by atoms with van der Waals surface area (Å²) in [6, 6.07) is 5.21. The van der Waals surface area contributed by atoms with Crippen LogP contribution in [0.1, 0.15) is 36.5 Å². The van der Waals surface area contributed by atoms with E-state index in [0.29, 0.717) is 12.2 Å². The minimum atomic E-state index is -4.27. The van der Waals surface area contributed by atoms with Gasteiger partial charge >= 0.3 is 5.97 Å². The van der Waals surface area contributed by atoms with Crippen molar-refractivity contribution in [3.63, 3.8) is 0 Å². The maximum absolute atomic E-state index is 12.4. The number of unbranched alkanes of at least 4 members (excludes halogenated alkanes) is 1. The number of carbonyl (C=O) groups excluding carboxylic acids is 2. The molecule has 0 saturated heterocycles. The number of esters is 1. The molecular formula is C16H23NO7S. The van der Waals surface area contributed by atoms with Gasteiger partial charge in [-0.05, 0) is 25.0 Å². The molecule has 0 spiro atoms. The molecule has 0 aliphatic heterocycles. The summed E-state index contributed by atoms with van der Waals surface area (Å²) in [7, 11) is -2.87. The Morgan fingerprint density at radius 2 is 1.96 bits per heavy atom. The quantitative estimate of drug-likeness (QED) is 0.361. The SMILES string of the molecule is CCCCOC(=O)[C@H](CCS(=O)(=O)O)NC(=O)c1ccccc1OC. The van der Waals surface area contributed by atoms with Gasteiger partial charge in [-0.3, -0.25) is 9.35 Å². The van der Waals surface area contributed by atoms with Crippen LogP contribution >= 0.6 is 0 Å². The number of nitrogens with one attached hydrogen (secondary N) is 1. The van der Waals surface area contributed by atoms with Crippen molar-refractivity contribution in [2.24, 2.45) is 0 Å². The Kier molecular flexibility index (Phi) is 8.36. The van der Waals surface area contributed by atoms with Crippen molar-refractivity contribution in [2.45, 2.75) is 32.2 Å². The van der Waals surface area contributed by atoms with E-state index in [1.165, 1.54) is 13.2 Å². The highest BCUT2D eigenvalue weighted by Crippen LogP contribution is 2.17. The van der Waals surface area contributed by atoms with E-state index < -0.39 is 33.8 Å². The summed E-state index contributed by atoms with van der Waals surface area (Å²) >= 11 is 0. The number of benzene rings is 1. The first kappa shape index (κ1) is 20.9. The summed E-state index contributed by atoms with van der Waals surface area (Å²) in [4.78, 5) is 24.5. The van der Waals surface area contributed by atoms with Gasteiger partial charge in [0.1, 0.15) is 11.8 Å². The molecule has 1 atom stereocenters. The highest BCUT2D eigenvalue weighted by molar-refractivity contribution is 7.85. The number of para-hydroxylation sites is 1. The van der Waals surface area contributed by atoms with Crippen molar-refractivity contribution in [3.05, 3.63) is 29.8 Å². The maximum Gasteiger partial charge on any atom is 0.328 e. The van der Waals surface area contributed by atoms with Crippen molar-refractivity contribution in [3.8, 4) is 5.75 Å². The first-order valence-corrected chi connectivity index (χ1v) is 9.45. The molecule has 0 saturated carbocycles. The largest absolute Gasteiger partial charge is 0.496 e. The molecule has 0 aromatic heterocycles. The molecule has 140 valence electrons. The van der Waals surface area contributed by atoms with E-state index in [1.54, 1.807) is 18.2 Å². The van der Waals surface area contributed by atoms with Crippen LogP contribution in [0.4, 0.5) is 0 Å². The lowest BCUT2D eigenvalue weighted by Gasteiger charge is -2.18. The van der Waals surface area contributed by atoms with Crippen molar-refractivity contribution < 1.29 is 32.0 Å². The van der Waals surface area contributed by atoms with Gasteiger partial charge in [-0.2, -0.15) is 8.42 Å². The van der Waals surface area contributed by atoms with E-state index >= 15 is 0 Å². The Morgan fingerprint density at radius 1 is 1.28 bits per heavy atom.